The van der Waals surface area contributed by atoms with Gasteiger partial charge >= 0.3 is 0 Å². The predicted octanol–water partition coefficient (Wildman–Crippen LogP) is 4.14. The zero-order valence-corrected chi connectivity index (χ0v) is 11.2. The molecule has 0 saturated heterocycles. The third-order valence-corrected chi connectivity index (χ3v) is 3.26. The molecule has 0 radical (unpaired) electrons. The Balaban J connectivity index is 1.84. The first-order valence-corrected chi connectivity index (χ1v) is 6.52. The molecule has 0 atom stereocenters. The van der Waals surface area contributed by atoms with Crippen molar-refractivity contribution in [2.24, 2.45) is 0 Å². The topological polar surface area (TPSA) is 4.93 Å². The van der Waals surface area contributed by atoms with Crippen LogP contribution in [0.5, 0.6) is 0 Å². The van der Waals surface area contributed by atoms with E-state index in [2.05, 4.69) is 47.6 Å². The van der Waals surface area contributed by atoms with Crippen LogP contribution in [0.1, 0.15) is 11.1 Å². The third kappa shape index (κ3) is 2.57. The lowest BCUT2D eigenvalue weighted by atomic mass is 10.2. The Morgan fingerprint density at radius 2 is 1.85 bits per heavy atom. The summed E-state index contributed by atoms with van der Waals surface area (Å²) in [5.41, 5.74) is 3.27. The van der Waals surface area contributed by atoms with Gasteiger partial charge in [-0.15, -0.1) is 0 Å². The molecule has 1 aromatic heterocycles. The van der Waals surface area contributed by atoms with Crippen LogP contribution < -0.4 is 0 Å². The van der Waals surface area contributed by atoms with Crippen LogP contribution >= 0.6 is 0 Å². The second kappa shape index (κ2) is 5.22. The van der Waals surface area contributed by atoms with Gasteiger partial charge in [-0.25, -0.2) is 4.39 Å². The van der Waals surface area contributed by atoms with Gasteiger partial charge in [0.25, 0.3) is 0 Å². The van der Waals surface area contributed by atoms with Crippen molar-refractivity contribution in [3.05, 3.63) is 71.7 Å². The Bertz CT molecular complexity index is 801. The molecule has 0 aliphatic carbocycles. The fourth-order valence-corrected chi connectivity index (χ4v) is 2.19. The van der Waals surface area contributed by atoms with Crippen LogP contribution in [-0.2, 0) is 6.54 Å². The van der Waals surface area contributed by atoms with Crippen LogP contribution in [0.3, 0.4) is 0 Å². The summed E-state index contributed by atoms with van der Waals surface area (Å²) in [6.07, 6.45) is 2.05. The molecule has 2 heteroatoms. The maximum atomic E-state index is 12.8. The molecule has 98 valence electrons. The third-order valence-electron chi connectivity index (χ3n) is 3.26. The molecule has 0 amide bonds. The Hall–Kier alpha value is -2.53. The zero-order valence-electron chi connectivity index (χ0n) is 11.2. The van der Waals surface area contributed by atoms with Gasteiger partial charge in [0.1, 0.15) is 5.82 Å². The van der Waals surface area contributed by atoms with Gasteiger partial charge in [0.2, 0.25) is 0 Å². The van der Waals surface area contributed by atoms with E-state index < -0.39 is 0 Å². The lowest BCUT2D eigenvalue weighted by Crippen LogP contribution is -1.93. The monoisotopic (exact) mass is 263 g/mol. The Kier molecular flexibility index (Phi) is 3.26. The Labute approximate surface area is 117 Å². The van der Waals surface area contributed by atoms with E-state index in [1.54, 1.807) is 12.1 Å². The van der Waals surface area contributed by atoms with E-state index in [0.29, 0.717) is 6.54 Å². The Morgan fingerprint density at radius 3 is 2.65 bits per heavy atom. The summed E-state index contributed by atoms with van der Waals surface area (Å²) < 4.78 is 14.9. The van der Waals surface area contributed by atoms with Gasteiger partial charge in [0, 0.05) is 17.3 Å². The molecule has 20 heavy (non-hydrogen) atoms. The van der Waals surface area contributed by atoms with E-state index in [1.807, 2.05) is 6.20 Å². The van der Waals surface area contributed by atoms with E-state index in [-0.39, 0.29) is 5.82 Å². The van der Waals surface area contributed by atoms with Gasteiger partial charge in [-0.05, 0) is 54.3 Å². The van der Waals surface area contributed by atoms with Gasteiger partial charge in [0.15, 0.2) is 0 Å². The van der Waals surface area contributed by atoms with Gasteiger partial charge < -0.3 is 4.57 Å². The summed E-state index contributed by atoms with van der Waals surface area (Å²) in [6.45, 7) is 2.71. The highest BCUT2D eigenvalue weighted by molar-refractivity contribution is 5.80. The van der Waals surface area contributed by atoms with Crippen LogP contribution in [0.25, 0.3) is 10.9 Å². The minimum atomic E-state index is -0.234. The predicted molar refractivity (Wildman–Crippen MR) is 80.0 cm³/mol. The molecule has 0 unspecified atom stereocenters. The van der Waals surface area contributed by atoms with Gasteiger partial charge in [-0.2, -0.15) is 0 Å². The molecule has 0 saturated carbocycles. The van der Waals surface area contributed by atoms with Gasteiger partial charge in [-0.3, -0.25) is 0 Å². The quantitative estimate of drug-likeness (QED) is 0.581. The SMILES string of the molecule is Cc1ccc2ccn(CC#Cc3ccc(F)cc3)c2c1. The largest absolute Gasteiger partial charge is 0.336 e. The van der Waals surface area contributed by atoms with E-state index in [4.69, 9.17) is 0 Å². The van der Waals surface area contributed by atoms with E-state index in [0.717, 1.165) is 5.56 Å². The Morgan fingerprint density at radius 1 is 1.05 bits per heavy atom. The molecule has 0 fully saturated rings. The normalized spacial score (nSPS) is 10.3. The zero-order chi connectivity index (χ0) is 13.9. The van der Waals surface area contributed by atoms with Crippen LogP contribution in [0.15, 0.2) is 54.7 Å². The lowest BCUT2D eigenvalue weighted by molar-refractivity contribution is 0.627. The van der Waals surface area contributed by atoms with Crippen molar-refractivity contribution in [3.8, 4) is 11.8 Å². The smallest absolute Gasteiger partial charge is 0.123 e. The summed E-state index contributed by atoms with van der Waals surface area (Å²) in [5, 5.41) is 1.22. The highest BCUT2D eigenvalue weighted by Gasteiger charge is 1.99. The van der Waals surface area contributed by atoms with E-state index >= 15 is 0 Å². The van der Waals surface area contributed by atoms with Crippen molar-refractivity contribution in [1.82, 2.24) is 4.57 Å². The number of rotatable bonds is 1. The van der Waals surface area contributed by atoms with Gasteiger partial charge in [0.05, 0.1) is 6.54 Å². The average Bonchev–Trinajstić information content (AvgIpc) is 2.84. The standard InChI is InChI=1S/C18H14FN/c1-14-4-7-16-10-12-20(18(16)13-14)11-2-3-15-5-8-17(19)9-6-15/h4-10,12-13H,11H2,1H3. The molecule has 0 aliphatic rings. The van der Waals surface area contributed by atoms with Crippen molar-refractivity contribution in [1.29, 1.82) is 0 Å². The van der Waals surface area contributed by atoms with Crippen LogP contribution in [0.2, 0.25) is 0 Å². The molecule has 3 rings (SSSR count). The highest BCUT2D eigenvalue weighted by Crippen LogP contribution is 2.17. The van der Waals surface area contributed by atoms with Crippen molar-refractivity contribution >= 4 is 10.9 Å². The lowest BCUT2D eigenvalue weighted by Gasteiger charge is -2.00. The number of halogens is 1. The summed E-state index contributed by atoms with van der Waals surface area (Å²) in [4.78, 5) is 0. The molecule has 3 aromatic rings. The molecule has 1 nitrogen and oxygen atoms in total. The van der Waals surface area contributed by atoms with Gasteiger partial charge in [-0.1, -0.05) is 24.0 Å². The number of nitrogens with zero attached hydrogens (tertiary/aromatic N) is 1. The highest BCUT2D eigenvalue weighted by atomic mass is 19.1. The molecular formula is C18H14FN. The van der Waals surface area contributed by atoms with Crippen molar-refractivity contribution in [2.45, 2.75) is 13.5 Å². The average molecular weight is 263 g/mol. The van der Waals surface area contributed by atoms with Crippen LogP contribution in [0, 0.1) is 24.6 Å². The molecule has 0 bridgehead atoms. The van der Waals surface area contributed by atoms with Crippen LogP contribution in [-0.4, -0.2) is 4.57 Å². The fraction of sp³-hybridized carbons (Fsp3) is 0.111. The van der Waals surface area contributed by atoms with Crippen molar-refractivity contribution in [2.75, 3.05) is 0 Å². The summed E-state index contributed by atoms with van der Waals surface area (Å²) in [5.74, 6) is 5.94. The number of hydrogen-bond donors (Lipinski definition) is 0. The number of hydrogen-bond acceptors (Lipinski definition) is 0. The van der Waals surface area contributed by atoms with Crippen molar-refractivity contribution < 1.29 is 4.39 Å². The van der Waals surface area contributed by atoms with Crippen LogP contribution in [0.4, 0.5) is 4.39 Å². The molecule has 0 spiro atoms. The molecule has 0 aliphatic heterocycles. The molecular weight excluding hydrogens is 249 g/mol. The van der Waals surface area contributed by atoms with Crippen molar-refractivity contribution in [3.63, 3.8) is 0 Å². The maximum Gasteiger partial charge on any atom is 0.123 e. The second-order valence-electron chi connectivity index (χ2n) is 4.81. The minimum absolute atomic E-state index is 0.234. The maximum absolute atomic E-state index is 12.8. The number of aryl methyl sites for hydroxylation is 1. The number of fused-ring (bicyclic) bond motifs is 1. The first kappa shape index (κ1) is 12.5. The molecule has 1 heterocycles. The molecule has 2 aromatic carbocycles. The summed E-state index contributed by atoms with van der Waals surface area (Å²) >= 11 is 0. The minimum Gasteiger partial charge on any atom is -0.336 e. The molecule has 0 N–H and O–H groups in total. The number of aromatic nitrogens is 1. The number of benzene rings is 2. The van der Waals surface area contributed by atoms with E-state index in [1.165, 1.54) is 28.6 Å². The van der Waals surface area contributed by atoms with E-state index in [9.17, 15) is 4.39 Å². The summed E-state index contributed by atoms with van der Waals surface area (Å²) in [7, 11) is 0. The first-order chi connectivity index (χ1) is 9.72. The summed E-state index contributed by atoms with van der Waals surface area (Å²) in [6, 6.07) is 14.7. The fourth-order valence-electron chi connectivity index (χ4n) is 2.19. The second-order valence-corrected chi connectivity index (χ2v) is 4.81. The first-order valence-electron chi connectivity index (χ1n) is 6.52.